The summed E-state index contributed by atoms with van der Waals surface area (Å²) < 4.78 is 41.6. The lowest BCUT2D eigenvalue weighted by Crippen LogP contribution is -2.48. The maximum atomic E-state index is 14.0. The van der Waals surface area contributed by atoms with Crippen LogP contribution in [0, 0.1) is 12.7 Å². The van der Waals surface area contributed by atoms with Crippen molar-refractivity contribution in [2.75, 3.05) is 37.6 Å². The zero-order valence-corrected chi connectivity index (χ0v) is 17.5. The molecule has 2 aromatic rings. The lowest BCUT2D eigenvalue weighted by molar-refractivity contribution is 0.0953. The molecule has 29 heavy (non-hydrogen) atoms. The van der Waals surface area contributed by atoms with Crippen LogP contribution >= 0.6 is 0 Å². The summed E-state index contributed by atoms with van der Waals surface area (Å²) in [6.07, 6.45) is 0.801. The van der Waals surface area contributed by atoms with Crippen LogP contribution in [0.4, 0.5) is 10.1 Å². The first kappa shape index (κ1) is 21.3. The normalized spacial score (nSPS) is 15.3. The molecule has 2 aromatic carbocycles. The molecule has 0 saturated carbocycles. The van der Waals surface area contributed by atoms with Gasteiger partial charge in [-0.3, -0.25) is 4.79 Å². The minimum absolute atomic E-state index is 0.101. The number of carbonyl (C=O) groups excluding carboxylic acids is 1. The van der Waals surface area contributed by atoms with E-state index in [2.05, 4.69) is 5.32 Å². The first-order chi connectivity index (χ1) is 13.8. The summed E-state index contributed by atoms with van der Waals surface area (Å²) >= 11 is 0. The van der Waals surface area contributed by atoms with E-state index in [4.69, 9.17) is 0 Å². The van der Waals surface area contributed by atoms with Crippen LogP contribution in [0.1, 0.15) is 29.3 Å². The molecule has 0 aromatic heterocycles. The van der Waals surface area contributed by atoms with Gasteiger partial charge in [-0.25, -0.2) is 12.8 Å². The van der Waals surface area contributed by atoms with Crippen LogP contribution in [0.25, 0.3) is 0 Å². The van der Waals surface area contributed by atoms with E-state index in [1.54, 1.807) is 31.2 Å². The third kappa shape index (κ3) is 4.59. The zero-order valence-electron chi connectivity index (χ0n) is 16.7. The molecule has 1 amide bonds. The quantitative estimate of drug-likeness (QED) is 0.782. The van der Waals surface area contributed by atoms with Gasteiger partial charge in [-0.15, -0.1) is 0 Å². The van der Waals surface area contributed by atoms with Crippen LogP contribution in [0.3, 0.4) is 0 Å². The van der Waals surface area contributed by atoms with Crippen LogP contribution in [-0.4, -0.2) is 51.4 Å². The number of rotatable bonds is 6. The highest BCUT2D eigenvalue weighted by Gasteiger charge is 2.30. The number of halogens is 1. The average Bonchev–Trinajstić information content (AvgIpc) is 2.72. The molecule has 0 atom stereocenters. The van der Waals surface area contributed by atoms with Gasteiger partial charge < -0.3 is 10.2 Å². The molecule has 0 aliphatic carbocycles. The summed E-state index contributed by atoms with van der Waals surface area (Å²) in [5, 5.41) is 2.79. The number of aryl methyl sites for hydroxylation is 1. The monoisotopic (exact) mass is 419 g/mol. The van der Waals surface area contributed by atoms with Crippen molar-refractivity contribution in [1.29, 1.82) is 0 Å². The highest BCUT2D eigenvalue weighted by Crippen LogP contribution is 2.24. The third-order valence-electron chi connectivity index (χ3n) is 5.06. The van der Waals surface area contributed by atoms with Gasteiger partial charge in [0.15, 0.2) is 0 Å². The van der Waals surface area contributed by atoms with Gasteiger partial charge in [0.1, 0.15) is 5.82 Å². The molecule has 1 fully saturated rings. The van der Waals surface area contributed by atoms with E-state index in [-0.39, 0.29) is 29.7 Å². The molecule has 0 bridgehead atoms. The molecular formula is C21H26FN3O3S. The molecule has 0 unspecified atom stereocenters. The van der Waals surface area contributed by atoms with Crippen molar-refractivity contribution in [2.45, 2.75) is 25.2 Å². The summed E-state index contributed by atoms with van der Waals surface area (Å²) in [6.45, 7) is 5.57. The van der Waals surface area contributed by atoms with Gasteiger partial charge in [-0.05, 0) is 43.2 Å². The van der Waals surface area contributed by atoms with Gasteiger partial charge in [-0.1, -0.05) is 25.1 Å². The summed E-state index contributed by atoms with van der Waals surface area (Å²) in [5.74, 6) is -0.587. The van der Waals surface area contributed by atoms with Crippen molar-refractivity contribution in [2.24, 2.45) is 0 Å². The second kappa shape index (κ2) is 8.92. The number of carbonyl (C=O) groups is 1. The highest BCUT2D eigenvalue weighted by atomic mass is 32.2. The first-order valence-electron chi connectivity index (χ1n) is 9.73. The number of nitrogens with one attached hydrogen (secondary N) is 1. The van der Waals surface area contributed by atoms with Crippen LogP contribution in [-0.2, 0) is 10.0 Å². The van der Waals surface area contributed by atoms with Crippen LogP contribution in [0.15, 0.2) is 47.4 Å². The Bertz CT molecular complexity index is 986. The third-order valence-corrected chi connectivity index (χ3v) is 6.95. The molecule has 1 saturated heterocycles. The van der Waals surface area contributed by atoms with Crippen molar-refractivity contribution >= 4 is 21.6 Å². The second-order valence-corrected chi connectivity index (χ2v) is 9.01. The number of nitrogens with zero attached hydrogens (tertiary/aromatic N) is 2. The molecule has 0 spiro atoms. The standard InChI is InChI=1S/C21H26FN3O3S/c1-3-10-23-21(26)18-15-17(9-8-16(18)2)29(27,28)25-13-11-24(12-14-25)20-7-5-4-6-19(20)22/h4-9,15H,3,10-14H2,1-2H3,(H,23,26). The van der Waals surface area contributed by atoms with Crippen molar-refractivity contribution in [3.8, 4) is 0 Å². The topological polar surface area (TPSA) is 69.7 Å². The number of para-hydroxylation sites is 1. The van der Waals surface area contributed by atoms with Crippen molar-refractivity contribution in [1.82, 2.24) is 9.62 Å². The van der Waals surface area contributed by atoms with Gasteiger partial charge in [-0.2, -0.15) is 4.31 Å². The molecule has 1 heterocycles. The van der Waals surface area contributed by atoms with E-state index < -0.39 is 10.0 Å². The molecule has 1 aliphatic heterocycles. The smallest absolute Gasteiger partial charge is 0.251 e. The zero-order chi connectivity index (χ0) is 21.0. The van der Waals surface area contributed by atoms with E-state index in [0.717, 1.165) is 12.0 Å². The van der Waals surface area contributed by atoms with Crippen LogP contribution in [0.2, 0.25) is 0 Å². The number of sulfonamides is 1. The Labute approximate surface area is 171 Å². The fraction of sp³-hybridized carbons (Fsp3) is 0.381. The molecule has 6 nitrogen and oxygen atoms in total. The van der Waals surface area contributed by atoms with Crippen molar-refractivity contribution in [3.05, 3.63) is 59.4 Å². The Kier molecular flexibility index (Phi) is 6.54. The lowest BCUT2D eigenvalue weighted by Gasteiger charge is -2.35. The number of amides is 1. The first-order valence-corrected chi connectivity index (χ1v) is 11.2. The number of hydrogen-bond acceptors (Lipinski definition) is 4. The van der Waals surface area contributed by atoms with Gasteiger partial charge in [0.2, 0.25) is 10.0 Å². The Balaban J connectivity index is 1.76. The Morgan fingerprint density at radius 2 is 1.79 bits per heavy atom. The number of anilines is 1. The van der Waals surface area contributed by atoms with E-state index in [0.29, 0.717) is 30.9 Å². The molecule has 3 rings (SSSR count). The Morgan fingerprint density at radius 1 is 1.10 bits per heavy atom. The van der Waals surface area contributed by atoms with Crippen LogP contribution < -0.4 is 10.2 Å². The SMILES string of the molecule is CCCNC(=O)c1cc(S(=O)(=O)N2CCN(c3ccccc3F)CC2)ccc1C. The fourth-order valence-electron chi connectivity index (χ4n) is 3.37. The predicted molar refractivity (Wildman–Crippen MR) is 111 cm³/mol. The van der Waals surface area contributed by atoms with Gasteiger partial charge in [0.05, 0.1) is 10.6 Å². The minimum atomic E-state index is -3.74. The summed E-state index contributed by atoms with van der Waals surface area (Å²) in [6, 6.07) is 11.1. The number of benzene rings is 2. The molecule has 156 valence electrons. The Hall–Kier alpha value is -2.45. The number of piperazine rings is 1. The summed E-state index contributed by atoms with van der Waals surface area (Å²) in [7, 11) is -3.74. The van der Waals surface area contributed by atoms with Crippen molar-refractivity contribution < 1.29 is 17.6 Å². The van der Waals surface area contributed by atoms with Gasteiger partial charge in [0.25, 0.3) is 5.91 Å². The average molecular weight is 420 g/mol. The molecule has 0 radical (unpaired) electrons. The van der Waals surface area contributed by atoms with E-state index in [9.17, 15) is 17.6 Å². The fourth-order valence-corrected chi connectivity index (χ4v) is 4.82. The van der Waals surface area contributed by atoms with Gasteiger partial charge >= 0.3 is 0 Å². The maximum absolute atomic E-state index is 14.0. The summed E-state index contributed by atoms with van der Waals surface area (Å²) in [4.78, 5) is 14.3. The molecular weight excluding hydrogens is 393 g/mol. The van der Waals surface area contributed by atoms with Crippen molar-refractivity contribution in [3.63, 3.8) is 0 Å². The minimum Gasteiger partial charge on any atom is -0.367 e. The van der Waals surface area contributed by atoms with Crippen LogP contribution in [0.5, 0.6) is 0 Å². The van der Waals surface area contributed by atoms with E-state index >= 15 is 0 Å². The second-order valence-electron chi connectivity index (χ2n) is 7.08. The van der Waals surface area contributed by atoms with E-state index in [1.165, 1.54) is 22.5 Å². The number of hydrogen-bond donors (Lipinski definition) is 1. The highest BCUT2D eigenvalue weighted by molar-refractivity contribution is 7.89. The Morgan fingerprint density at radius 3 is 2.45 bits per heavy atom. The predicted octanol–water partition coefficient (Wildman–Crippen LogP) is 2.78. The molecule has 1 N–H and O–H groups in total. The molecule has 1 aliphatic rings. The lowest BCUT2D eigenvalue weighted by atomic mass is 10.1. The van der Waals surface area contributed by atoms with Gasteiger partial charge in [0, 0.05) is 38.3 Å². The van der Waals surface area contributed by atoms with E-state index in [1.807, 2.05) is 11.8 Å². The largest absolute Gasteiger partial charge is 0.367 e. The molecule has 8 heteroatoms. The maximum Gasteiger partial charge on any atom is 0.251 e. The summed E-state index contributed by atoms with van der Waals surface area (Å²) in [5.41, 5.74) is 1.57.